The predicted octanol–water partition coefficient (Wildman–Crippen LogP) is 1.07. The van der Waals surface area contributed by atoms with Crippen LogP contribution >= 0.6 is 0 Å². The normalized spacial score (nSPS) is 12.8. The second-order valence-corrected chi connectivity index (χ2v) is 2.14. The molecule has 1 N–H and O–H groups in total. The molecule has 0 amide bonds. The molecule has 0 saturated carbocycles. The number of benzene rings is 1. The van der Waals surface area contributed by atoms with Crippen molar-refractivity contribution in [1.29, 1.82) is 0 Å². The maximum absolute atomic E-state index is 7.00. The van der Waals surface area contributed by atoms with E-state index in [4.69, 9.17) is 14.6 Å². The maximum atomic E-state index is 7.00. The van der Waals surface area contributed by atoms with Crippen LogP contribution in [0.4, 0.5) is 0 Å². The summed E-state index contributed by atoms with van der Waals surface area (Å²) in [6.45, 7) is 1.33. The van der Waals surface area contributed by atoms with Gasteiger partial charge in [0.1, 0.15) is 13.2 Å². The Morgan fingerprint density at radius 2 is 1.42 bits per heavy atom. The highest BCUT2D eigenvalue weighted by molar-refractivity contribution is 5.40. The molecule has 0 aliphatic carbocycles. The van der Waals surface area contributed by atoms with Gasteiger partial charge in [0.25, 0.3) is 0 Å². The monoisotopic (exact) mass is 168 g/mol. The van der Waals surface area contributed by atoms with E-state index in [0.717, 1.165) is 18.6 Å². The SMILES string of the molecule is CO.c1ccc2c(c1)OCCO2. The molecule has 0 unspecified atom stereocenters. The number of fused-ring (bicyclic) bond motifs is 1. The number of aliphatic hydroxyl groups excluding tert-OH is 1. The molecule has 3 nitrogen and oxygen atoms in total. The third kappa shape index (κ3) is 1.89. The standard InChI is InChI=1S/C8H8O2.CH4O/c1-2-4-8-7(3-1)9-5-6-10-8;1-2/h1-4H,5-6H2;2H,1H3. The van der Waals surface area contributed by atoms with Gasteiger partial charge in [0.05, 0.1) is 0 Å². The van der Waals surface area contributed by atoms with Crippen LogP contribution in [-0.4, -0.2) is 25.4 Å². The molecular weight excluding hydrogens is 156 g/mol. The summed E-state index contributed by atoms with van der Waals surface area (Å²) in [7, 11) is 1.00. The second-order valence-electron chi connectivity index (χ2n) is 2.14. The molecule has 0 saturated heterocycles. The first kappa shape index (κ1) is 8.87. The Balaban J connectivity index is 0.000000336. The Labute approximate surface area is 71.5 Å². The van der Waals surface area contributed by atoms with E-state index in [9.17, 15) is 0 Å². The van der Waals surface area contributed by atoms with Gasteiger partial charge in [0.15, 0.2) is 11.5 Å². The third-order valence-corrected chi connectivity index (χ3v) is 1.45. The minimum Gasteiger partial charge on any atom is -0.486 e. The first-order valence-electron chi connectivity index (χ1n) is 3.76. The Kier molecular flexibility index (Phi) is 3.41. The zero-order valence-corrected chi connectivity index (χ0v) is 6.99. The summed E-state index contributed by atoms with van der Waals surface area (Å²) in [5, 5.41) is 7.00. The summed E-state index contributed by atoms with van der Waals surface area (Å²) in [6, 6.07) is 7.70. The number of aliphatic hydroxyl groups is 1. The fourth-order valence-electron chi connectivity index (χ4n) is 0.992. The zero-order chi connectivity index (χ0) is 8.81. The highest BCUT2D eigenvalue weighted by Gasteiger charge is 2.07. The smallest absolute Gasteiger partial charge is 0.161 e. The molecule has 66 valence electrons. The summed E-state index contributed by atoms with van der Waals surface area (Å²) < 4.78 is 10.6. The summed E-state index contributed by atoms with van der Waals surface area (Å²) in [5.74, 6) is 1.71. The first-order chi connectivity index (χ1) is 5.97. The van der Waals surface area contributed by atoms with Gasteiger partial charge < -0.3 is 14.6 Å². The van der Waals surface area contributed by atoms with Gasteiger partial charge in [0, 0.05) is 7.11 Å². The van der Waals surface area contributed by atoms with Crippen molar-refractivity contribution in [2.75, 3.05) is 20.3 Å². The Bertz CT molecular complexity index is 210. The maximum Gasteiger partial charge on any atom is 0.161 e. The van der Waals surface area contributed by atoms with Gasteiger partial charge in [-0.3, -0.25) is 0 Å². The van der Waals surface area contributed by atoms with Crippen molar-refractivity contribution in [3.05, 3.63) is 24.3 Å². The number of hydrogen-bond donors (Lipinski definition) is 1. The van der Waals surface area contributed by atoms with Crippen molar-refractivity contribution in [2.24, 2.45) is 0 Å². The van der Waals surface area contributed by atoms with Gasteiger partial charge in [-0.15, -0.1) is 0 Å². The minimum absolute atomic E-state index is 0.664. The molecule has 0 atom stereocenters. The largest absolute Gasteiger partial charge is 0.486 e. The zero-order valence-electron chi connectivity index (χ0n) is 6.99. The van der Waals surface area contributed by atoms with Crippen LogP contribution < -0.4 is 9.47 Å². The van der Waals surface area contributed by atoms with E-state index >= 15 is 0 Å². The van der Waals surface area contributed by atoms with E-state index in [1.54, 1.807) is 0 Å². The Morgan fingerprint density at radius 3 is 1.83 bits per heavy atom. The molecule has 3 heteroatoms. The van der Waals surface area contributed by atoms with Crippen LogP contribution in [-0.2, 0) is 0 Å². The molecule has 0 fully saturated rings. The van der Waals surface area contributed by atoms with Crippen molar-refractivity contribution < 1.29 is 14.6 Å². The molecule has 1 heterocycles. The van der Waals surface area contributed by atoms with Crippen LogP contribution in [0, 0.1) is 0 Å². The summed E-state index contributed by atoms with van der Waals surface area (Å²) in [6.07, 6.45) is 0. The lowest BCUT2D eigenvalue weighted by molar-refractivity contribution is 0.171. The number of para-hydroxylation sites is 2. The summed E-state index contributed by atoms with van der Waals surface area (Å²) >= 11 is 0. The fraction of sp³-hybridized carbons (Fsp3) is 0.333. The Morgan fingerprint density at radius 1 is 1.00 bits per heavy atom. The molecule has 0 aromatic heterocycles. The molecule has 0 spiro atoms. The lowest BCUT2D eigenvalue weighted by atomic mass is 10.3. The van der Waals surface area contributed by atoms with Crippen LogP contribution in [0.1, 0.15) is 0 Å². The van der Waals surface area contributed by atoms with Crippen LogP contribution in [0.25, 0.3) is 0 Å². The van der Waals surface area contributed by atoms with Gasteiger partial charge in [-0.1, -0.05) is 12.1 Å². The number of rotatable bonds is 0. The highest BCUT2D eigenvalue weighted by atomic mass is 16.6. The molecule has 1 aliphatic rings. The van der Waals surface area contributed by atoms with Gasteiger partial charge >= 0.3 is 0 Å². The van der Waals surface area contributed by atoms with E-state index in [0.29, 0.717) is 13.2 Å². The van der Waals surface area contributed by atoms with Crippen molar-refractivity contribution in [2.45, 2.75) is 0 Å². The number of hydrogen-bond acceptors (Lipinski definition) is 3. The van der Waals surface area contributed by atoms with Gasteiger partial charge in [-0.05, 0) is 12.1 Å². The van der Waals surface area contributed by atoms with Crippen molar-refractivity contribution in [3.63, 3.8) is 0 Å². The van der Waals surface area contributed by atoms with Crippen molar-refractivity contribution >= 4 is 0 Å². The molecular formula is C9H12O3. The molecule has 0 radical (unpaired) electrons. The minimum atomic E-state index is 0.664. The van der Waals surface area contributed by atoms with Gasteiger partial charge in [-0.2, -0.15) is 0 Å². The predicted molar refractivity (Wildman–Crippen MR) is 45.6 cm³/mol. The number of ether oxygens (including phenoxy) is 2. The van der Waals surface area contributed by atoms with E-state index < -0.39 is 0 Å². The van der Waals surface area contributed by atoms with Crippen LogP contribution in [0.2, 0.25) is 0 Å². The van der Waals surface area contributed by atoms with Crippen LogP contribution in [0.3, 0.4) is 0 Å². The van der Waals surface area contributed by atoms with E-state index in [-0.39, 0.29) is 0 Å². The molecule has 1 aromatic carbocycles. The van der Waals surface area contributed by atoms with Gasteiger partial charge in [-0.25, -0.2) is 0 Å². The third-order valence-electron chi connectivity index (χ3n) is 1.45. The Hall–Kier alpha value is -1.22. The fourth-order valence-corrected chi connectivity index (χ4v) is 0.992. The second kappa shape index (κ2) is 4.62. The molecule has 1 aromatic rings. The molecule has 0 bridgehead atoms. The molecule has 1 aliphatic heterocycles. The van der Waals surface area contributed by atoms with Crippen molar-refractivity contribution in [3.8, 4) is 11.5 Å². The lowest BCUT2D eigenvalue weighted by Crippen LogP contribution is -2.14. The molecule has 12 heavy (non-hydrogen) atoms. The average Bonchev–Trinajstić information content (AvgIpc) is 2.21. The first-order valence-corrected chi connectivity index (χ1v) is 3.76. The average molecular weight is 168 g/mol. The van der Waals surface area contributed by atoms with E-state index in [2.05, 4.69) is 0 Å². The quantitative estimate of drug-likeness (QED) is 0.629. The van der Waals surface area contributed by atoms with E-state index in [1.807, 2.05) is 24.3 Å². The van der Waals surface area contributed by atoms with Gasteiger partial charge in [0.2, 0.25) is 0 Å². The summed E-state index contributed by atoms with van der Waals surface area (Å²) in [4.78, 5) is 0. The highest BCUT2D eigenvalue weighted by Crippen LogP contribution is 2.28. The lowest BCUT2D eigenvalue weighted by Gasteiger charge is -2.17. The van der Waals surface area contributed by atoms with E-state index in [1.165, 1.54) is 0 Å². The van der Waals surface area contributed by atoms with Crippen LogP contribution in [0.15, 0.2) is 24.3 Å². The topological polar surface area (TPSA) is 38.7 Å². The van der Waals surface area contributed by atoms with Crippen LogP contribution in [0.5, 0.6) is 11.5 Å². The summed E-state index contributed by atoms with van der Waals surface area (Å²) in [5.41, 5.74) is 0. The van der Waals surface area contributed by atoms with Crippen molar-refractivity contribution in [1.82, 2.24) is 0 Å². The molecule has 2 rings (SSSR count).